The molecule has 1 aliphatic heterocycles. The van der Waals surface area contributed by atoms with E-state index in [0.29, 0.717) is 5.69 Å². The first-order valence-electron chi connectivity index (χ1n) is 6.71. The van der Waals surface area contributed by atoms with Crippen molar-refractivity contribution in [1.82, 2.24) is 4.37 Å². The number of benzene rings is 1. The molecule has 2 aliphatic rings. The van der Waals surface area contributed by atoms with Crippen molar-refractivity contribution in [2.24, 2.45) is 0 Å². The molecule has 4 nitrogen and oxygen atoms in total. The number of fused-ring (bicyclic) bond motifs is 1. The molecular weight excluding hydrogens is 272 g/mol. The lowest BCUT2D eigenvalue weighted by atomic mass is 9.93. The van der Waals surface area contributed by atoms with Gasteiger partial charge >= 0.3 is 0 Å². The van der Waals surface area contributed by atoms with Gasteiger partial charge in [0.15, 0.2) is 0 Å². The zero-order valence-corrected chi connectivity index (χ0v) is 11.6. The summed E-state index contributed by atoms with van der Waals surface area (Å²) in [7, 11) is 0. The van der Waals surface area contributed by atoms with Crippen LogP contribution in [0.1, 0.15) is 25.7 Å². The molecule has 1 aliphatic carbocycles. The van der Waals surface area contributed by atoms with Crippen LogP contribution in [0.15, 0.2) is 35.5 Å². The Morgan fingerprint density at radius 2 is 1.75 bits per heavy atom. The number of hydrogen-bond acceptors (Lipinski definition) is 4. The minimum atomic E-state index is -0.132. The maximum atomic E-state index is 12.5. The Labute approximate surface area is 119 Å². The molecule has 4 rings (SSSR count). The van der Waals surface area contributed by atoms with Crippen LogP contribution in [0.3, 0.4) is 0 Å². The lowest BCUT2D eigenvalue weighted by molar-refractivity contribution is -0.120. The molecule has 0 bridgehead atoms. The molecule has 1 aromatic carbocycles. The van der Waals surface area contributed by atoms with E-state index in [-0.39, 0.29) is 11.8 Å². The van der Waals surface area contributed by atoms with Gasteiger partial charge < -0.3 is 0 Å². The molecule has 0 saturated heterocycles. The van der Waals surface area contributed by atoms with E-state index in [0.717, 1.165) is 46.9 Å². The van der Waals surface area contributed by atoms with Crippen molar-refractivity contribution in [1.29, 1.82) is 0 Å². The Morgan fingerprint density at radius 1 is 1.05 bits per heavy atom. The number of amides is 2. The van der Waals surface area contributed by atoms with Gasteiger partial charge in [-0.25, -0.2) is 4.90 Å². The van der Waals surface area contributed by atoms with E-state index in [1.807, 2.05) is 18.2 Å². The molecule has 5 heteroatoms. The van der Waals surface area contributed by atoms with Crippen LogP contribution >= 0.6 is 11.5 Å². The Bertz CT molecular complexity index is 747. The maximum absolute atomic E-state index is 12.5. The second kappa shape index (κ2) is 4.24. The van der Waals surface area contributed by atoms with Gasteiger partial charge in [0, 0.05) is 22.7 Å². The van der Waals surface area contributed by atoms with Gasteiger partial charge in [0.1, 0.15) is 0 Å². The summed E-state index contributed by atoms with van der Waals surface area (Å²) in [5, 5.41) is 0.970. The van der Waals surface area contributed by atoms with Crippen molar-refractivity contribution in [3.63, 3.8) is 0 Å². The highest BCUT2D eigenvalue weighted by molar-refractivity contribution is 7.13. The number of carbonyl (C=O) groups excluding carboxylic acids is 2. The number of carbonyl (C=O) groups is 2. The van der Waals surface area contributed by atoms with Crippen molar-refractivity contribution in [3.05, 3.63) is 35.5 Å². The second-order valence-electron chi connectivity index (χ2n) is 5.16. The number of hydrogen-bond donors (Lipinski definition) is 0. The molecule has 0 fully saturated rings. The predicted octanol–water partition coefficient (Wildman–Crippen LogP) is 3.04. The molecule has 0 radical (unpaired) electrons. The molecular formula is C15H12N2O2S. The number of anilines is 1. The molecule has 20 heavy (non-hydrogen) atoms. The summed E-state index contributed by atoms with van der Waals surface area (Å²) in [5.41, 5.74) is 2.11. The van der Waals surface area contributed by atoms with Crippen molar-refractivity contribution in [2.45, 2.75) is 25.7 Å². The average molecular weight is 284 g/mol. The second-order valence-corrected chi connectivity index (χ2v) is 5.99. The van der Waals surface area contributed by atoms with Crippen LogP contribution in [-0.4, -0.2) is 16.2 Å². The molecule has 0 N–H and O–H groups in total. The maximum Gasteiger partial charge on any atom is 0.261 e. The highest BCUT2D eigenvalue weighted by Crippen LogP contribution is 2.36. The fraction of sp³-hybridized carbons (Fsp3) is 0.267. The van der Waals surface area contributed by atoms with E-state index in [1.165, 1.54) is 16.4 Å². The van der Waals surface area contributed by atoms with E-state index in [9.17, 15) is 9.59 Å². The van der Waals surface area contributed by atoms with Gasteiger partial charge in [0.2, 0.25) is 0 Å². The van der Waals surface area contributed by atoms with E-state index < -0.39 is 0 Å². The van der Waals surface area contributed by atoms with E-state index >= 15 is 0 Å². The van der Waals surface area contributed by atoms with Gasteiger partial charge in [0.05, 0.1) is 10.4 Å². The summed E-state index contributed by atoms with van der Waals surface area (Å²) in [6.45, 7) is 0. The van der Waals surface area contributed by atoms with Gasteiger partial charge in [0.25, 0.3) is 11.8 Å². The fourth-order valence-corrected chi connectivity index (χ4v) is 3.60. The standard InChI is InChI=1S/C15H12N2O2S/c18-14-11-3-1-2-4-12(11)15(19)17(14)10-5-6-13-9(7-10)8-16-20-13/h5-8H,1-4H2. The van der Waals surface area contributed by atoms with E-state index in [4.69, 9.17) is 0 Å². The smallest absolute Gasteiger partial charge is 0.261 e. The van der Waals surface area contributed by atoms with Crippen molar-refractivity contribution >= 4 is 39.1 Å². The number of aromatic nitrogens is 1. The van der Waals surface area contributed by atoms with Gasteiger partial charge in [-0.1, -0.05) is 0 Å². The van der Waals surface area contributed by atoms with Crippen LogP contribution < -0.4 is 4.90 Å². The average Bonchev–Trinajstić information content (AvgIpc) is 3.03. The first-order chi connectivity index (χ1) is 9.75. The fourth-order valence-electron chi connectivity index (χ4n) is 2.97. The zero-order chi connectivity index (χ0) is 13.7. The molecule has 2 amide bonds. The largest absolute Gasteiger partial charge is 0.269 e. The van der Waals surface area contributed by atoms with Crippen LogP contribution in [0, 0.1) is 0 Å². The van der Waals surface area contributed by atoms with Gasteiger partial charge in [-0.15, -0.1) is 0 Å². The van der Waals surface area contributed by atoms with Crippen LogP contribution in [0.4, 0.5) is 5.69 Å². The summed E-state index contributed by atoms with van der Waals surface area (Å²) in [6.07, 6.45) is 5.23. The van der Waals surface area contributed by atoms with E-state index in [1.54, 1.807) is 6.20 Å². The molecule has 2 aromatic rings. The number of imide groups is 1. The molecule has 0 atom stereocenters. The topological polar surface area (TPSA) is 50.3 Å². The zero-order valence-electron chi connectivity index (χ0n) is 10.8. The van der Waals surface area contributed by atoms with Crippen LogP contribution in [0.2, 0.25) is 0 Å². The summed E-state index contributed by atoms with van der Waals surface area (Å²) >= 11 is 1.41. The summed E-state index contributed by atoms with van der Waals surface area (Å²) in [5.74, 6) is -0.264. The van der Waals surface area contributed by atoms with Crippen LogP contribution in [0.5, 0.6) is 0 Å². The lowest BCUT2D eigenvalue weighted by Crippen LogP contribution is -2.31. The van der Waals surface area contributed by atoms with Crippen molar-refractivity contribution in [2.75, 3.05) is 4.90 Å². The Hall–Kier alpha value is -2.01. The first-order valence-corrected chi connectivity index (χ1v) is 7.48. The number of rotatable bonds is 1. The van der Waals surface area contributed by atoms with Crippen LogP contribution in [0.25, 0.3) is 10.1 Å². The third kappa shape index (κ3) is 1.56. The van der Waals surface area contributed by atoms with Gasteiger partial charge in [-0.2, -0.15) is 4.37 Å². The molecule has 0 unspecified atom stereocenters. The van der Waals surface area contributed by atoms with Gasteiger partial charge in [-0.05, 0) is 55.4 Å². The Kier molecular flexibility index (Phi) is 2.50. The SMILES string of the molecule is O=C1C2=C(CCCC2)C(=O)N1c1ccc2sncc2c1. The van der Waals surface area contributed by atoms with Crippen LogP contribution in [-0.2, 0) is 9.59 Å². The minimum absolute atomic E-state index is 0.132. The highest BCUT2D eigenvalue weighted by atomic mass is 32.1. The minimum Gasteiger partial charge on any atom is -0.269 e. The molecule has 2 heterocycles. The summed E-state index contributed by atoms with van der Waals surface area (Å²) in [4.78, 5) is 26.2. The van der Waals surface area contributed by atoms with E-state index in [2.05, 4.69) is 4.37 Å². The summed E-state index contributed by atoms with van der Waals surface area (Å²) in [6, 6.07) is 5.61. The molecule has 0 saturated carbocycles. The van der Waals surface area contributed by atoms with Crippen molar-refractivity contribution in [3.8, 4) is 0 Å². The highest BCUT2D eigenvalue weighted by Gasteiger charge is 2.39. The third-order valence-corrected chi connectivity index (χ3v) is 4.76. The monoisotopic (exact) mass is 284 g/mol. The van der Waals surface area contributed by atoms with Gasteiger partial charge in [-0.3, -0.25) is 9.59 Å². The Balaban J connectivity index is 1.79. The normalized spacial score (nSPS) is 19.1. The lowest BCUT2D eigenvalue weighted by Gasteiger charge is -2.15. The summed E-state index contributed by atoms with van der Waals surface area (Å²) < 4.78 is 5.18. The molecule has 1 aromatic heterocycles. The number of nitrogens with zero attached hydrogens (tertiary/aromatic N) is 2. The predicted molar refractivity (Wildman–Crippen MR) is 77.6 cm³/mol. The molecule has 0 spiro atoms. The quantitative estimate of drug-likeness (QED) is 0.756. The van der Waals surface area contributed by atoms with Crippen molar-refractivity contribution < 1.29 is 9.59 Å². The molecule has 100 valence electrons. The third-order valence-electron chi connectivity index (χ3n) is 3.98. The first kappa shape index (κ1) is 11.8. The Morgan fingerprint density at radius 3 is 2.45 bits per heavy atom.